The average Bonchev–Trinajstić information content (AvgIpc) is 2.76. The largest absolute Gasteiger partial charge is 1.00 e. The lowest BCUT2D eigenvalue weighted by Crippen LogP contribution is -3.00. The van der Waals surface area contributed by atoms with Crippen molar-refractivity contribution in [1.82, 2.24) is 4.57 Å². The first-order valence-corrected chi connectivity index (χ1v) is 6.42. The molecule has 0 saturated heterocycles. The Bertz CT molecular complexity index is 449. The second kappa shape index (κ2) is 6.97. The van der Waals surface area contributed by atoms with Gasteiger partial charge in [0.2, 0.25) is 6.33 Å². The fraction of sp³-hybridized carbons (Fsp3) is 0.308. The summed E-state index contributed by atoms with van der Waals surface area (Å²) in [5.41, 5.74) is 1.19. The summed E-state index contributed by atoms with van der Waals surface area (Å²) in [5.74, 6) is 0. The quantitative estimate of drug-likeness (QED) is 0.696. The molecule has 0 aliphatic heterocycles. The van der Waals surface area contributed by atoms with E-state index in [0.717, 1.165) is 11.0 Å². The molecule has 0 aliphatic rings. The number of nitrogens with zero attached hydrogens (tertiary/aromatic N) is 2. The zero-order valence-corrected chi connectivity index (χ0v) is 13.0. The second-order valence-electron chi connectivity index (χ2n) is 3.89. The van der Waals surface area contributed by atoms with Gasteiger partial charge in [-0.05, 0) is 30.7 Å². The molecule has 2 rings (SSSR count). The third-order valence-electron chi connectivity index (χ3n) is 2.59. The summed E-state index contributed by atoms with van der Waals surface area (Å²) in [6.45, 7) is 3.31. The maximum atomic E-state index is 3.44. The summed E-state index contributed by atoms with van der Waals surface area (Å²) < 4.78 is 5.48. The van der Waals surface area contributed by atoms with Gasteiger partial charge in [-0.15, -0.1) is 0 Å². The van der Waals surface area contributed by atoms with Crippen LogP contribution in [0.15, 0.2) is 47.5 Å². The zero-order chi connectivity index (χ0) is 11.4. The molecule has 0 atom stereocenters. The topological polar surface area (TPSA) is 8.81 Å². The summed E-state index contributed by atoms with van der Waals surface area (Å²) in [6, 6.07) is 8.33. The minimum Gasteiger partial charge on any atom is -1.00 e. The minimum atomic E-state index is 0. The molecule has 0 bridgehead atoms. The van der Waals surface area contributed by atoms with Crippen LogP contribution in [-0.2, 0) is 6.54 Å². The zero-order valence-electron chi connectivity index (χ0n) is 9.81. The van der Waals surface area contributed by atoms with Crippen LogP contribution in [0.2, 0.25) is 0 Å². The number of hydrogen-bond donors (Lipinski definition) is 0. The van der Waals surface area contributed by atoms with Gasteiger partial charge in [-0.1, -0.05) is 29.3 Å². The molecule has 0 radical (unpaired) electrons. The lowest BCUT2D eigenvalue weighted by Gasteiger charge is -1.95. The molecule has 2 nitrogen and oxygen atoms in total. The summed E-state index contributed by atoms with van der Waals surface area (Å²) in [5, 5.41) is 0. The van der Waals surface area contributed by atoms with E-state index in [-0.39, 0.29) is 17.0 Å². The van der Waals surface area contributed by atoms with Crippen molar-refractivity contribution in [2.24, 2.45) is 0 Å². The van der Waals surface area contributed by atoms with Gasteiger partial charge < -0.3 is 17.0 Å². The van der Waals surface area contributed by atoms with Gasteiger partial charge in [-0.3, -0.25) is 0 Å². The number of aromatic nitrogens is 2. The third kappa shape index (κ3) is 3.96. The van der Waals surface area contributed by atoms with Gasteiger partial charge in [0.1, 0.15) is 18.1 Å². The molecule has 0 saturated carbocycles. The minimum absolute atomic E-state index is 0. The Labute approximate surface area is 121 Å². The fourth-order valence-electron chi connectivity index (χ4n) is 1.63. The van der Waals surface area contributed by atoms with Crippen molar-refractivity contribution < 1.29 is 21.5 Å². The van der Waals surface area contributed by atoms with Crippen LogP contribution in [0.5, 0.6) is 0 Å². The van der Waals surface area contributed by atoms with E-state index in [9.17, 15) is 0 Å². The van der Waals surface area contributed by atoms with E-state index in [0.29, 0.717) is 0 Å². The summed E-state index contributed by atoms with van der Waals surface area (Å²) in [4.78, 5) is 0. The van der Waals surface area contributed by atoms with Crippen LogP contribution in [0.4, 0.5) is 0 Å². The van der Waals surface area contributed by atoms with Crippen molar-refractivity contribution in [2.75, 3.05) is 0 Å². The van der Waals surface area contributed by atoms with Crippen LogP contribution in [-0.4, -0.2) is 4.57 Å². The SMILES string of the molecule is CCCCn1cc[n+](-c2ccc(Br)cc2)c1.[Br-]. The van der Waals surface area contributed by atoms with Gasteiger partial charge >= 0.3 is 0 Å². The van der Waals surface area contributed by atoms with Crippen LogP contribution in [0.1, 0.15) is 19.8 Å². The Kier molecular flexibility index (Phi) is 5.92. The molecule has 0 unspecified atom stereocenters. The van der Waals surface area contributed by atoms with Gasteiger partial charge in [0, 0.05) is 4.47 Å². The van der Waals surface area contributed by atoms with Gasteiger partial charge in [0.25, 0.3) is 0 Å². The number of benzene rings is 1. The van der Waals surface area contributed by atoms with Crippen molar-refractivity contribution >= 4 is 15.9 Å². The molecule has 17 heavy (non-hydrogen) atoms. The highest BCUT2D eigenvalue weighted by molar-refractivity contribution is 9.10. The first-order valence-electron chi connectivity index (χ1n) is 5.62. The van der Waals surface area contributed by atoms with E-state index < -0.39 is 0 Å². The molecule has 4 heteroatoms. The Morgan fingerprint density at radius 3 is 2.59 bits per heavy atom. The summed E-state index contributed by atoms with van der Waals surface area (Å²) in [7, 11) is 0. The van der Waals surface area contributed by atoms with Crippen LogP contribution >= 0.6 is 15.9 Å². The van der Waals surface area contributed by atoms with Gasteiger partial charge in [-0.25, -0.2) is 9.13 Å². The average molecular weight is 360 g/mol. The van der Waals surface area contributed by atoms with Gasteiger partial charge in [-0.2, -0.15) is 0 Å². The van der Waals surface area contributed by atoms with E-state index in [1.54, 1.807) is 0 Å². The number of imidazole rings is 1. The molecule has 1 aromatic carbocycles. The Morgan fingerprint density at radius 2 is 1.94 bits per heavy atom. The van der Waals surface area contributed by atoms with E-state index in [1.165, 1.54) is 18.5 Å². The van der Waals surface area contributed by atoms with Crippen molar-refractivity contribution in [3.8, 4) is 5.69 Å². The Morgan fingerprint density at radius 1 is 1.24 bits per heavy atom. The predicted octanol–water partition coefficient (Wildman–Crippen LogP) is 0.331. The van der Waals surface area contributed by atoms with Gasteiger partial charge in [0.05, 0.1) is 6.54 Å². The van der Waals surface area contributed by atoms with E-state index in [1.807, 2.05) is 0 Å². The third-order valence-corrected chi connectivity index (χ3v) is 3.11. The second-order valence-corrected chi connectivity index (χ2v) is 4.80. The molecule has 0 fully saturated rings. The number of aryl methyl sites for hydroxylation is 1. The molecule has 0 N–H and O–H groups in total. The standard InChI is InChI=1S/C13H16BrN2.BrH/c1-2-3-8-15-9-10-16(11-15)13-6-4-12(14)5-7-13;/h4-7,9-11H,2-3,8H2,1H3;1H/q+1;/p-1. The summed E-state index contributed by atoms with van der Waals surface area (Å²) in [6.07, 6.45) is 8.82. The predicted molar refractivity (Wildman–Crippen MR) is 68.6 cm³/mol. The number of rotatable bonds is 4. The number of unbranched alkanes of at least 4 members (excludes halogenated alkanes) is 1. The molecule has 2 aromatic rings. The highest BCUT2D eigenvalue weighted by Gasteiger charge is 2.05. The van der Waals surface area contributed by atoms with Crippen molar-refractivity contribution in [3.05, 3.63) is 47.5 Å². The molecule has 0 aliphatic carbocycles. The smallest absolute Gasteiger partial charge is 0.248 e. The molecule has 0 amide bonds. The van der Waals surface area contributed by atoms with Crippen LogP contribution in [0.25, 0.3) is 5.69 Å². The first-order chi connectivity index (χ1) is 7.79. The molecular formula is C13H16Br2N2. The Hall–Kier alpha value is -0.610. The van der Waals surface area contributed by atoms with Crippen molar-refractivity contribution in [1.29, 1.82) is 0 Å². The van der Waals surface area contributed by atoms with E-state index in [4.69, 9.17) is 0 Å². The molecule has 1 heterocycles. The van der Waals surface area contributed by atoms with Crippen molar-refractivity contribution in [3.63, 3.8) is 0 Å². The number of halogens is 2. The highest BCUT2D eigenvalue weighted by Crippen LogP contribution is 2.10. The van der Waals surface area contributed by atoms with Crippen LogP contribution < -0.4 is 21.5 Å². The van der Waals surface area contributed by atoms with Crippen LogP contribution in [0, 0.1) is 0 Å². The summed E-state index contributed by atoms with van der Waals surface area (Å²) >= 11 is 3.44. The monoisotopic (exact) mass is 358 g/mol. The highest BCUT2D eigenvalue weighted by atomic mass is 79.9. The first kappa shape index (κ1) is 14.5. The maximum Gasteiger partial charge on any atom is 0.248 e. The molecule has 92 valence electrons. The Balaban J connectivity index is 0.00000144. The lowest BCUT2D eigenvalue weighted by atomic mass is 10.3. The molecular weight excluding hydrogens is 344 g/mol. The van der Waals surface area contributed by atoms with Crippen LogP contribution in [0.3, 0.4) is 0 Å². The van der Waals surface area contributed by atoms with E-state index in [2.05, 4.69) is 75.0 Å². The fourth-order valence-corrected chi connectivity index (χ4v) is 1.90. The lowest BCUT2D eigenvalue weighted by molar-refractivity contribution is -0.595. The molecule has 1 aromatic heterocycles. The number of hydrogen-bond acceptors (Lipinski definition) is 0. The normalized spacial score (nSPS) is 10.0. The molecule has 0 spiro atoms. The van der Waals surface area contributed by atoms with Crippen molar-refractivity contribution in [2.45, 2.75) is 26.3 Å². The van der Waals surface area contributed by atoms with E-state index >= 15 is 0 Å². The maximum absolute atomic E-state index is 3.44. The van der Waals surface area contributed by atoms with Gasteiger partial charge in [0.15, 0.2) is 0 Å².